The zero-order valence-electron chi connectivity index (χ0n) is 35.9. The number of rotatable bonds is 20. The number of azo groups is 2. The van der Waals surface area contributed by atoms with Gasteiger partial charge in [0.1, 0.15) is 21.5 Å². The van der Waals surface area contributed by atoms with E-state index in [2.05, 4.69) is 43.5 Å². The molecule has 5 aromatic rings. The van der Waals surface area contributed by atoms with Gasteiger partial charge in [0.25, 0.3) is 5.91 Å². The molecule has 5 rings (SSSR count). The first-order chi connectivity index (χ1) is 30.3. The van der Waals surface area contributed by atoms with Gasteiger partial charge in [-0.1, -0.05) is 6.07 Å². The molecule has 26 nitrogen and oxygen atoms in total. The third kappa shape index (κ3) is 19.0. The number of benzene rings is 5. The van der Waals surface area contributed by atoms with E-state index in [-0.39, 0.29) is 178 Å². The Morgan fingerprint density at radius 3 is 1.68 bits per heavy atom. The molecule has 0 aliphatic carbocycles. The summed E-state index contributed by atoms with van der Waals surface area (Å²) in [4.78, 5) is 11.2. The van der Waals surface area contributed by atoms with Gasteiger partial charge in [0.15, 0.2) is 25.4 Å². The average Bonchev–Trinajstić information content (AvgIpc) is 3.21. The summed E-state index contributed by atoms with van der Waals surface area (Å²) in [6, 6.07) is 16.1. The molecule has 0 heterocycles. The van der Waals surface area contributed by atoms with Crippen LogP contribution in [0.4, 0.5) is 34.1 Å². The summed E-state index contributed by atoms with van der Waals surface area (Å²) < 4.78 is 163. The number of amides is 1. The first-order valence-corrected chi connectivity index (χ1v) is 25.2. The van der Waals surface area contributed by atoms with Crippen LogP contribution in [0.2, 0.25) is 0 Å². The van der Waals surface area contributed by atoms with Crippen molar-refractivity contribution >= 4 is 113 Å². The van der Waals surface area contributed by atoms with Gasteiger partial charge in [-0.25, -0.2) is 42.1 Å². The Kier molecular flexibility index (Phi) is 26.2. The number of nitrogen functional groups attached to an aromatic ring is 1. The number of sulfone groups is 2. The molecule has 0 saturated heterocycles. The summed E-state index contributed by atoms with van der Waals surface area (Å²) in [6.45, 7) is -1.87. The van der Waals surface area contributed by atoms with Crippen LogP contribution < -0.4 is 135 Å². The Hall–Kier alpha value is -1.59. The maximum Gasteiger partial charge on any atom is 1.00 e. The fraction of sp³-hybridized carbons (Fsp3) is 0.121. The Morgan fingerprint density at radius 1 is 0.667 bits per heavy atom. The minimum atomic E-state index is -5.41. The number of nitrogens with zero attached hydrogens (tertiary/aromatic N) is 4. The number of hydrogen-bond donors (Lipinski definition) is 3. The quantitative estimate of drug-likeness (QED) is 0.00952. The fourth-order valence-corrected chi connectivity index (χ4v) is 9.45. The predicted molar refractivity (Wildman–Crippen MR) is 217 cm³/mol. The smallest absolute Gasteiger partial charge is 0.744 e. The normalized spacial score (nSPS) is 12.2. The number of phenolic OH excluding ortho intramolecular Hbond substituents is 1. The van der Waals surface area contributed by atoms with Gasteiger partial charge in [0.05, 0.1) is 78.8 Å². The predicted octanol–water partition coefficient (Wildman–Crippen LogP) is -9.14. The molecule has 0 fully saturated rings. The van der Waals surface area contributed by atoms with E-state index < -0.39 is 109 Å². The average molecular weight is 1110 g/mol. The number of phenols is 1. The Balaban J connectivity index is 0.00000595. The van der Waals surface area contributed by atoms with Crippen LogP contribution in [0.25, 0.3) is 10.8 Å². The maximum absolute atomic E-state index is 13.1. The van der Waals surface area contributed by atoms with Gasteiger partial charge in [0, 0.05) is 11.3 Å². The van der Waals surface area contributed by atoms with Crippen LogP contribution in [0.15, 0.2) is 125 Å². The van der Waals surface area contributed by atoms with E-state index in [9.17, 15) is 70.9 Å². The number of fused-ring (bicyclic) bond motifs is 1. The number of carbonyl (C=O) groups is 1. The summed E-state index contributed by atoms with van der Waals surface area (Å²) in [6.07, 6.45) is 0. The van der Waals surface area contributed by atoms with Crippen molar-refractivity contribution < 1.29 is 207 Å². The van der Waals surface area contributed by atoms with Gasteiger partial charge >= 0.3 is 118 Å². The van der Waals surface area contributed by atoms with Crippen molar-refractivity contribution in [3.63, 3.8) is 0 Å². The second-order valence-corrected chi connectivity index (χ2v) is 20.9. The van der Waals surface area contributed by atoms with Gasteiger partial charge in [-0.2, -0.15) is 14.6 Å². The van der Waals surface area contributed by atoms with E-state index in [1.165, 1.54) is 36.4 Å². The van der Waals surface area contributed by atoms with Crippen LogP contribution >= 0.6 is 12.0 Å². The fourth-order valence-electron chi connectivity index (χ4n) is 5.34. The first-order valence-electron chi connectivity index (χ1n) is 17.1. The van der Waals surface area contributed by atoms with Gasteiger partial charge in [-0.15, -0.1) is 10.2 Å². The Labute approximate surface area is 485 Å². The van der Waals surface area contributed by atoms with Gasteiger partial charge in [-0.3, -0.25) is 18.2 Å². The first kappa shape index (κ1) is 65.4. The molecule has 0 saturated carbocycles. The Morgan fingerprint density at radius 2 is 1.17 bits per heavy atom. The van der Waals surface area contributed by atoms with Gasteiger partial charge in [0.2, 0.25) is 20.8 Å². The second kappa shape index (κ2) is 27.6. The van der Waals surface area contributed by atoms with Crippen LogP contribution in [-0.4, -0.2) is 91.5 Å². The molecule has 0 aliphatic rings. The molecule has 5 aromatic carbocycles. The number of hydrogen-bond acceptors (Lipinski definition) is 26. The summed E-state index contributed by atoms with van der Waals surface area (Å²) >= 11 is 0.173. The number of nitrogens with one attached hydrogen (secondary N) is 1. The van der Waals surface area contributed by atoms with E-state index >= 15 is 0 Å². The minimum Gasteiger partial charge on any atom is -0.744 e. The molecule has 348 valence electrons. The molecule has 0 aliphatic heterocycles. The zero-order valence-corrected chi connectivity index (χ0v) is 48.8. The molecule has 0 aromatic heterocycles. The standard InChI is InChI=1S/C33H30N6O20S6.4Na/c34-29-28-20(18-27(63(47,48)49)31(29)39-36-22-6-10-25(11-7-22)62(45,46)15-13-57-65(53,54)55)17-26(60-59-58-42)30(32(28)40)38-37-23-3-1-2-19(16-23)33(41)35-21-4-8-24(9-5-21)61(43,44)14-12-56-64(50,51)52;;;;/h1-11,16-18,40,42H,12-15,34H2,(H,35,41)(H,47,48,49)(H,50,51,52)(H,53,54,55);;;;/q;4*+1/p-4. The molecule has 1 amide bonds. The molecule has 0 atom stereocenters. The van der Waals surface area contributed by atoms with E-state index in [1.807, 2.05) is 0 Å². The SMILES string of the molecule is Nc1c(N=Nc2ccc(S(=O)(=O)CCOS(=O)(=O)[O-])cc2)c(S(=O)(=O)[O-])cc2cc(SOO[O-])c(N=Nc3cccc(C(=O)Nc4ccc(S(=O)(=O)CCOS(=O)(=O)[O-])cc4)c3)c(O)c12.[Na+].[Na+].[Na+].[Na+]. The molecule has 36 heteroatoms. The number of anilines is 2. The Bertz CT molecular complexity index is 3280. The summed E-state index contributed by atoms with van der Waals surface area (Å²) in [5, 5.41) is 43.1. The molecule has 0 spiro atoms. The van der Waals surface area contributed by atoms with Crippen molar-refractivity contribution in [2.24, 2.45) is 20.5 Å². The van der Waals surface area contributed by atoms with Crippen molar-refractivity contribution in [1.82, 2.24) is 0 Å². The van der Waals surface area contributed by atoms with Crippen LogP contribution in [0, 0.1) is 0 Å². The number of aromatic hydroxyl groups is 1. The molecule has 4 N–H and O–H groups in total. The van der Waals surface area contributed by atoms with E-state index in [4.69, 9.17) is 5.73 Å². The number of nitrogens with two attached hydrogens (primary N) is 1. The van der Waals surface area contributed by atoms with Gasteiger partial charge in [-0.05, 0) is 84.2 Å². The summed E-state index contributed by atoms with van der Waals surface area (Å²) in [7, 11) is -23.9. The van der Waals surface area contributed by atoms with Crippen molar-refractivity contribution in [3.8, 4) is 5.75 Å². The molecule has 0 radical (unpaired) electrons. The third-order valence-corrected chi connectivity index (χ3v) is 14.0. The summed E-state index contributed by atoms with van der Waals surface area (Å²) in [5.41, 5.74) is 4.34. The van der Waals surface area contributed by atoms with Crippen LogP contribution in [-0.2, 0) is 68.3 Å². The topological polar surface area (TPSA) is 425 Å². The van der Waals surface area contributed by atoms with E-state index in [0.29, 0.717) is 0 Å². The molecular weight excluding hydrogens is 1080 g/mol. The number of carbonyl (C=O) groups excluding carboxylic acids is 1. The molecular formula is C33H26N6Na4O20S6. The molecule has 69 heavy (non-hydrogen) atoms. The van der Waals surface area contributed by atoms with Gasteiger partial charge < -0.3 is 35.1 Å². The van der Waals surface area contributed by atoms with Crippen LogP contribution in [0.1, 0.15) is 10.4 Å². The molecule has 0 bridgehead atoms. The zero-order chi connectivity index (χ0) is 48.0. The van der Waals surface area contributed by atoms with Crippen molar-refractivity contribution in [2.75, 3.05) is 35.8 Å². The third-order valence-electron chi connectivity index (χ3n) is 8.20. The van der Waals surface area contributed by atoms with Crippen molar-refractivity contribution in [3.05, 3.63) is 90.5 Å². The van der Waals surface area contributed by atoms with Crippen molar-refractivity contribution in [1.29, 1.82) is 0 Å². The second-order valence-electron chi connectivity index (χ2n) is 12.5. The molecule has 0 unspecified atom stereocenters. The van der Waals surface area contributed by atoms with E-state index in [0.717, 1.165) is 48.5 Å². The van der Waals surface area contributed by atoms with Crippen LogP contribution in [0.5, 0.6) is 5.75 Å². The monoisotopic (exact) mass is 1110 g/mol. The van der Waals surface area contributed by atoms with Crippen molar-refractivity contribution in [2.45, 2.75) is 19.6 Å². The maximum atomic E-state index is 13.1. The largest absolute Gasteiger partial charge is 1.00 e. The van der Waals surface area contributed by atoms with E-state index in [1.54, 1.807) is 0 Å². The summed E-state index contributed by atoms with van der Waals surface area (Å²) in [5.74, 6) is -3.27. The van der Waals surface area contributed by atoms with Crippen LogP contribution in [0.3, 0.4) is 0 Å². The minimum absolute atomic E-state index is 0.